The van der Waals surface area contributed by atoms with Crippen LogP contribution < -0.4 is 0 Å². The molecule has 0 spiro atoms. The van der Waals surface area contributed by atoms with Gasteiger partial charge in [0.15, 0.2) is 0 Å². The van der Waals surface area contributed by atoms with Crippen molar-refractivity contribution in [2.75, 3.05) is 0 Å². The highest BCUT2D eigenvalue weighted by Crippen LogP contribution is 2.17. The maximum absolute atomic E-state index is 9.16. The Morgan fingerprint density at radius 1 is 1.27 bits per heavy atom. The molecule has 2 heterocycles. The molecule has 0 aromatic carbocycles. The van der Waals surface area contributed by atoms with Crippen molar-refractivity contribution < 1.29 is 5.11 Å². The molecule has 0 fully saturated rings. The molecule has 11 heavy (non-hydrogen) atoms. The van der Waals surface area contributed by atoms with Gasteiger partial charge in [0.1, 0.15) is 0 Å². The second-order valence-corrected chi connectivity index (χ2v) is 2.13. The van der Waals surface area contributed by atoms with Crippen LogP contribution in [-0.2, 0) is 0 Å². The van der Waals surface area contributed by atoms with Crippen LogP contribution >= 0.6 is 0 Å². The summed E-state index contributed by atoms with van der Waals surface area (Å²) in [5.74, 6) is -0.0735. The summed E-state index contributed by atoms with van der Waals surface area (Å²) < 4.78 is 0. The van der Waals surface area contributed by atoms with Crippen molar-refractivity contribution in [3.8, 4) is 5.88 Å². The highest BCUT2D eigenvalue weighted by Gasteiger charge is 1.98. The lowest BCUT2D eigenvalue weighted by Crippen LogP contribution is -1.83. The van der Waals surface area contributed by atoms with Crippen LogP contribution in [0.4, 0.5) is 0 Å². The van der Waals surface area contributed by atoms with Crippen molar-refractivity contribution in [3.05, 3.63) is 24.7 Å². The van der Waals surface area contributed by atoms with Gasteiger partial charge < -0.3 is 5.11 Å². The Labute approximate surface area is 62.5 Å². The van der Waals surface area contributed by atoms with E-state index in [1.54, 1.807) is 24.7 Å². The molecule has 0 radical (unpaired) electrons. The monoisotopic (exact) mass is 147 g/mol. The summed E-state index contributed by atoms with van der Waals surface area (Å²) in [6, 6.07) is 1.77. The molecule has 2 aromatic heterocycles. The molecular formula is C7H5N3O. The van der Waals surface area contributed by atoms with Gasteiger partial charge in [-0.1, -0.05) is 0 Å². The molecule has 2 aromatic rings. The molecule has 2 rings (SSSR count). The van der Waals surface area contributed by atoms with Crippen molar-refractivity contribution in [1.29, 1.82) is 0 Å². The van der Waals surface area contributed by atoms with Crippen LogP contribution in [0.3, 0.4) is 0 Å². The number of nitrogens with zero attached hydrogens (tertiary/aromatic N) is 3. The molecule has 0 saturated heterocycles. The first-order valence-corrected chi connectivity index (χ1v) is 3.12. The summed E-state index contributed by atoms with van der Waals surface area (Å²) >= 11 is 0. The van der Waals surface area contributed by atoms with E-state index in [-0.39, 0.29) is 5.88 Å². The molecule has 0 amide bonds. The van der Waals surface area contributed by atoms with E-state index in [0.29, 0.717) is 5.39 Å². The lowest BCUT2D eigenvalue weighted by molar-refractivity contribution is 0.452. The van der Waals surface area contributed by atoms with Gasteiger partial charge in [0.2, 0.25) is 5.88 Å². The highest BCUT2D eigenvalue weighted by molar-refractivity contribution is 5.84. The fourth-order valence-electron chi connectivity index (χ4n) is 0.904. The molecule has 0 atom stereocenters. The zero-order valence-electron chi connectivity index (χ0n) is 5.60. The smallest absolute Gasteiger partial charge is 0.240 e. The van der Waals surface area contributed by atoms with E-state index >= 15 is 0 Å². The molecule has 4 nitrogen and oxygen atoms in total. The molecule has 0 aliphatic carbocycles. The van der Waals surface area contributed by atoms with Gasteiger partial charge in [-0.3, -0.25) is 4.98 Å². The van der Waals surface area contributed by atoms with Crippen LogP contribution in [0.5, 0.6) is 5.88 Å². The fraction of sp³-hybridized carbons (Fsp3) is 0. The van der Waals surface area contributed by atoms with E-state index in [4.69, 9.17) is 5.11 Å². The zero-order chi connectivity index (χ0) is 7.68. The Balaban J connectivity index is 2.91. The average Bonchev–Trinajstić information content (AvgIpc) is 2.06. The number of aromatic hydroxyl groups is 1. The van der Waals surface area contributed by atoms with Gasteiger partial charge in [-0.25, -0.2) is 0 Å². The third-order valence-electron chi connectivity index (χ3n) is 1.44. The largest absolute Gasteiger partial charge is 0.492 e. The minimum absolute atomic E-state index is 0.0735. The SMILES string of the molecule is Oc1nncc2ccncc12. The topological polar surface area (TPSA) is 58.9 Å². The summed E-state index contributed by atoms with van der Waals surface area (Å²) in [5.41, 5.74) is 0. The molecule has 0 bridgehead atoms. The molecule has 0 unspecified atom stereocenters. The van der Waals surface area contributed by atoms with E-state index in [1.807, 2.05) is 0 Å². The first kappa shape index (κ1) is 6.03. The summed E-state index contributed by atoms with van der Waals surface area (Å²) in [4.78, 5) is 3.85. The van der Waals surface area contributed by atoms with E-state index in [9.17, 15) is 0 Å². The van der Waals surface area contributed by atoms with E-state index < -0.39 is 0 Å². The number of pyridine rings is 1. The average molecular weight is 147 g/mol. The minimum atomic E-state index is -0.0735. The maximum Gasteiger partial charge on any atom is 0.240 e. The van der Waals surface area contributed by atoms with E-state index in [2.05, 4.69) is 15.2 Å². The Morgan fingerprint density at radius 3 is 3.00 bits per heavy atom. The van der Waals surface area contributed by atoms with Gasteiger partial charge in [0, 0.05) is 17.8 Å². The molecule has 0 saturated carbocycles. The number of aromatic nitrogens is 3. The minimum Gasteiger partial charge on any atom is -0.492 e. The lowest BCUT2D eigenvalue weighted by Gasteiger charge is -1.94. The van der Waals surface area contributed by atoms with Crippen molar-refractivity contribution in [3.63, 3.8) is 0 Å². The van der Waals surface area contributed by atoms with Gasteiger partial charge in [-0.2, -0.15) is 5.10 Å². The molecule has 4 heteroatoms. The normalized spacial score (nSPS) is 10.2. The number of hydrogen-bond donors (Lipinski definition) is 1. The van der Waals surface area contributed by atoms with Gasteiger partial charge in [-0.15, -0.1) is 5.10 Å². The summed E-state index contributed by atoms with van der Waals surface area (Å²) in [6.07, 6.45) is 4.78. The van der Waals surface area contributed by atoms with Crippen LogP contribution in [0.15, 0.2) is 24.7 Å². The molecule has 1 N–H and O–H groups in total. The third kappa shape index (κ3) is 0.881. The summed E-state index contributed by atoms with van der Waals surface area (Å²) in [5, 5.41) is 17.7. The predicted octanol–water partition coefficient (Wildman–Crippen LogP) is 0.730. The Bertz CT molecular complexity index is 383. The quantitative estimate of drug-likeness (QED) is 0.596. The van der Waals surface area contributed by atoms with Crippen molar-refractivity contribution in [1.82, 2.24) is 15.2 Å². The van der Waals surface area contributed by atoms with Crippen LogP contribution in [-0.4, -0.2) is 20.3 Å². The Hall–Kier alpha value is -1.71. The molecule has 0 aliphatic rings. The maximum atomic E-state index is 9.16. The Morgan fingerprint density at radius 2 is 2.18 bits per heavy atom. The van der Waals surface area contributed by atoms with Gasteiger partial charge in [-0.05, 0) is 6.07 Å². The standard InChI is InChI=1S/C7H5N3O/c11-7-6-4-8-2-1-5(6)3-9-10-7/h1-4H,(H,10,11). The highest BCUT2D eigenvalue weighted by atomic mass is 16.3. The van der Waals surface area contributed by atoms with Gasteiger partial charge in [0.25, 0.3) is 0 Å². The first-order chi connectivity index (χ1) is 5.38. The second kappa shape index (κ2) is 2.16. The first-order valence-electron chi connectivity index (χ1n) is 3.12. The number of rotatable bonds is 0. The molecule has 0 aliphatic heterocycles. The number of fused-ring (bicyclic) bond motifs is 1. The van der Waals surface area contributed by atoms with Crippen molar-refractivity contribution in [2.45, 2.75) is 0 Å². The van der Waals surface area contributed by atoms with Crippen LogP contribution in [0, 0.1) is 0 Å². The van der Waals surface area contributed by atoms with E-state index in [0.717, 1.165) is 5.39 Å². The molecule has 54 valence electrons. The van der Waals surface area contributed by atoms with Gasteiger partial charge in [0.05, 0.1) is 11.6 Å². The lowest BCUT2D eigenvalue weighted by atomic mass is 10.2. The number of hydrogen-bond acceptors (Lipinski definition) is 4. The van der Waals surface area contributed by atoms with Crippen LogP contribution in [0.1, 0.15) is 0 Å². The third-order valence-corrected chi connectivity index (χ3v) is 1.44. The van der Waals surface area contributed by atoms with Gasteiger partial charge >= 0.3 is 0 Å². The summed E-state index contributed by atoms with van der Waals surface area (Å²) in [6.45, 7) is 0. The van der Waals surface area contributed by atoms with Crippen molar-refractivity contribution >= 4 is 10.8 Å². The van der Waals surface area contributed by atoms with E-state index in [1.165, 1.54) is 0 Å². The Kier molecular flexibility index (Phi) is 1.18. The predicted molar refractivity (Wildman–Crippen MR) is 39.0 cm³/mol. The summed E-state index contributed by atoms with van der Waals surface area (Å²) in [7, 11) is 0. The van der Waals surface area contributed by atoms with Crippen LogP contribution in [0.2, 0.25) is 0 Å². The zero-order valence-corrected chi connectivity index (χ0v) is 5.60. The fourth-order valence-corrected chi connectivity index (χ4v) is 0.904. The second-order valence-electron chi connectivity index (χ2n) is 2.13. The molecular weight excluding hydrogens is 142 g/mol. The van der Waals surface area contributed by atoms with Crippen LogP contribution in [0.25, 0.3) is 10.8 Å². The van der Waals surface area contributed by atoms with Crippen molar-refractivity contribution in [2.24, 2.45) is 0 Å².